The van der Waals surface area contributed by atoms with Gasteiger partial charge in [0.05, 0.1) is 0 Å². The van der Waals surface area contributed by atoms with Crippen LogP contribution >= 0.6 is 0 Å². The smallest absolute Gasteiger partial charge is 0.326 e. The Kier molecular flexibility index (Phi) is 5.74. The third kappa shape index (κ3) is 5.14. The molecule has 0 spiro atoms. The van der Waals surface area contributed by atoms with E-state index in [9.17, 15) is 14.7 Å². The molecular weight excluding hydrogens is 292 g/mol. The van der Waals surface area contributed by atoms with Gasteiger partial charge in [0.1, 0.15) is 6.04 Å². The first-order chi connectivity index (χ1) is 11.1. The van der Waals surface area contributed by atoms with E-state index in [0.717, 1.165) is 12.0 Å². The lowest BCUT2D eigenvalue weighted by molar-refractivity contribution is -0.139. The summed E-state index contributed by atoms with van der Waals surface area (Å²) in [5.74, 6) is -1.06. The first-order valence-corrected chi connectivity index (χ1v) is 7.51. The normalized spacial score (nSPS) is 11.5. The first kappa shape index (κ1) is 16.5. The summed E-state index contributed by atoms with van der Waals surface area (Å²) in [6.07, 6.45) is 1.16. The highest BCUT2D eigenvalue weighted by atomic mass is 16.4. The van der Waals surface area contributed by atoms with Gasteiger partial charge in [0, 0.05) is 12.1 Å². The van der Waals surface area contributed by atoms with Crippen molar-refractivity contribution in [2.45, 2.75) is 25.8 Å². The van der Waals surface area contributed by atoms with Crippen LogP contribution < -0.4 is 10.6 Å². The minimum absolute atomic E-state index is 0.234. The van der Waals surface area contributed by atoms with Gasteiger partial charge in [-0.05, 0) is 29.7 Å². The number of nitrogens with one attached hydrogen (secondary N) is 2. The minimum atomic E-state index is -1.06. The molecule has 120 valence electrons. The number of carbonyl (C=O) groups is 2. The molecule has 0 bridgehead atoms. The van der Waals surface area contributed by atoms with Crippen molar-refractivity contribution in [2.75, 3.05) is 5.32 Å². The topological polar surface area (TPSA) is 78.4 Å². The van der Waals surface area contributed by atoms with Crippen molar-refractivity contribution < 1.29 is 14.7 Å². The van der Waals surface area contributed by atoms with E-state index in [-0.39, 0.29) is 6.42 Å². The summed E-state index contributed by atoms with van der Waals surface area (Å²) >= 11 is 0. The zero-order valence-electron chi connectivity index (χ0n) is 13.0. The first-order valence-electron chi connectivity index (χ1n) is 7.51. The summed E-state index contributed by atoms with van der Waals surface area (Å²) in [7, 11) is 0. The van der Waals surface area contributed by atoms with Gasteiger partial charge in [-0.15, -0.1) is 0 Å². The predicted molar refractivity (Wildman–Crippen MR) is 89.5 cm³/mol. The molecule has 3 N–H and O–H groups in total. The number of carboxylic acid groups (broad SMARTS) is 1. The second kappa shape index (κ2) is 7.98. The van der Waals surface area contributed by atoms with E-state index < -0.39 is 18.0 Å². The molecule has 0 radical (unpaired) electrons. The number of benzene rings is 2. The summed E-state index contributed by atoms with van der Waals surface area (Å²) in [6.45, 7) is 2.05. The van der Waals surface area contributed by atoms with Gasteiger partial charge in [-0.25, -0.2) is 9.59 Å². The van der Waals surface area contributed by atoms with Gasteiger partial charge < -0.3 is 15.7 Å². The highest BCUT2D eigenvalue weighted by Crippen LogP contribution is 2.10. The number of carboxylic acids is 1. The van der Waals surface area contributed by atoms with E-state index in [1.54, 1.807) is 12.1 Å². The van der Waals surface area contributed by atoms with Crippen LogP contribution in [-0.4, -0.2) is 23.1 Å². The third-order valence-electron chi connectivity index (χ3n) is 3.51. The zero-order chi connectivity index (χ0) is 16.7. The second-order valence-electron chi connectivity index (χ2n) is 5.23. The monoisotopic (exact) mass is 312 g/mol. The Hall–Kier alpha value is -2.82. The lowest BCUT2D eigenvalue weighted by atomic mass is 10.1. The molecular formula is C18H20N2O3. The fourth-order valence-corrected chi connectivity index (χ4v) is 2.20. The molecule has 0 aliphatic rings. The Labute approximate surface area is 135 Å². The fraction of sp³-hybridized carbons (Fsp3) is 0.222. The second-order valence-corrected chi connectivity index (χ2v) is 5.23. The fourth-order valence-electron chi connectivity index (χ4n) is 2.20. The SMILES string of the molecule is CCc1ccc(NC(=O)N[C@@H](Cc2ccccc2)C(=O)O)cc1. The van der Waals surface area contributed by atoms with Gasteiger partial charge in [0.2, 0.25) is 0 Å². The van der Waals surface area contributed by atoms with Crippen molar-refractivity contribution in [1.29, 1.82) is 0 Å². The average molecular weight is 312 g/mol. The van der Waals surface area contributed by atoms with Crippen LogP contribution in [0.25, 0.3) is 0 Å². The molecule has 2 aromatic carbocycles. The predicted octanol–water partition coefficient (Wildman–Crippen LogP) is 3.07. The van der Waals surface area contributed by atoms with Gasteiger partial charge in [-0.2, -0.15) is 0 Å². The van der Waals surface area contributed by atoms with E-state index >= 15 is 0 Å². The van der Waals surface area contributed by atoms with E-state index in [2.05, 4.69) is 17.6 Å². The maximum atomic E-state index is 12.0. The Morgan fingerprint density at radius 2 is 1.65 bits per heavy atom. The van der Waals surface area contributed by atoms with Crippen LogP contribution in [0.3, 0.4) is 0 Å². The van der Waals surface area contributed by atoms with Crippen LogP contribution in [-0.2, 0) is 17.6 Å². The molecule has 0 fully saturated rings. The number of rotatable bonds is 6. The number of hydrogen-bond acceptors (Lipinski definition) is 2. The Bertz CT molecular complexity index is 654. The van der Waals surface area contributed by atoms with Crippen LogP contribution in [0.5, 0.6) is 0 Å². The standard InChI is InChI=1S/C18H20N2O3/c1-2-13-8-10-15(11-9-13)19-18(23)20-16(17(21)22)12-14-6-4-3-5-7-14/h3-11,16H,2,12H2,1H3,(H,21,22)(H2,19,20,23)/t16-/m0/s1. The largest absolute Gasteiger partial charge is 0.480 e. The van der Waals surface area contributed by atoms with Crippen LogP contribution in [0, 0.1) is 0 Å². The maximum Gasteiger partial charge on any atom is 0.326 e. The molecule has 0 heterocycles. The molecule has 0 aromatic heterocycles. The molecule has 0 aliphatic carbocycles. The number of anilines is 1. The zero-order valence-corrected chi connectivity index (χ0v) is 13.0. The molecule has 2 amide bonds. The molecule has 0 saturated heterocycles. The molecule has 0 aliphatic heterocycles. The Balaban J connectivity index is 1.96. The van der Waals surface area contributed by atoms with E-state index in [0.29, 0.717) is 5.69 Å². The summed E-state index contributed by atoms with van der Waals surface area (Å²) in [6, 6.07) is 15.1. The maximum absolute atomic E-state index is 12.0. The molecule has 23 heavy (non-hydrogen) atoms. The van der Waals surface area contributed by atoms with E-state index in [4.69, 9.17) is 0 Å². The molecule has 5 heteroatoms. The van der Waals surface area contributed by atoms with Crippen molar-refractivity contribution in [1.82, 2.24) is 5.32 Å². The number of hydrogen-bond donors (Lipinski definition) is 3. The van der Waals surface area contributed by atoms with Crippen molar-refractivity contribution in [3.05, 3.63) is 65.7 Å². The van der Waals surface area contributed by atoms with E-state index in [1.807, 2.05) is 42.5 Å². The number of aliphatic carboxylic acids is 1. The molecule has 1 atom stereocenters. The summed E-state index contributed by atoms with van der Waals surface area (Å²) in [5.41, 5.74) is 2.65. The lowest BCUT2D eigenvalue weighted by Crippen LogP contribution is -2.44. The molecule has 0 unspecified atom stereocenters. The van der Waals surface area contributed by atoms with Crippen LogP contribution in [0.4, 0.5) is 10.5 Å². The highest BCUT2D eigenvalue weighted by Gasteiger charge is 2.20. The Morgan fingerprint density at radius 1 is 1.00 bits per heavy atom. The van der Waals surface area contributed by atoms with Gasteiger partial charge in [0.15, 0.2) is 0 Å². The summed E-state index contributed by atoms with van der Waals surface area (Å²) in [4.78, 5) is 23.3. The number of amides is 2. The van der Waals surface area contributed by atoms with Crippen molar-refractivity contribution in [3.63, 3.8) is 0 Å². The quantitative estimate of drug-likeness (QED) is 0.767. The number of urea groups is 1. The molecule has 2 aromatic rings. The lowest BCUT2D eigenvalue weighted by Gasteiger charge is -2.15. The van der Waals surface area contributed by atoms with Crippen molar-refractivity contribution in [3.8, 4) is 0 Å². The minimum Gasteiger partial charge on any atom is -0.480 e. The molecule has 5 nitrogen and oxygen atoms in total. The van der Waals surface area contributed by atoms with Gasteiger partial charge >= 0.3 is 12.0 Å². The van der Waals surface area contributed by atoms with Gasteiger partial charge in [-0.3, -0.25) is 0 Å². The van der Waals surface area contributed by atoms with Gasteiger partial charge in [-0.1, -0.05) is 49.4 Å². The summed E-state index contributed by atoms with van der Waals surface area (Å²) in [5, 5.41) is 14.4. The molecule has 2 rings (SSSR count). The third-order valence-corrected chi connectivity index (χ3v) is 3.51. The Morgan fingerprint density at radius 3 is 2.22 bits per heavy atom. The average Bonchev–Trinajstić information content (AvgIpc) is 2.56. The number of aryl methyl sites for hydroxylation is 1. The van der Waals surface area contributed by atoms with Crippen LogP contribution in [0.1, 0.15) is 18.1 Å². The van der Waals surface area contributed by atoms with Crippen molar-refractivity contribution in [2.24, 2.45) is 0 Å². The van der Waals surface area contributed by atoms with Crippen LogP contribution in [0.15, 0.2) is 54.6 Å². The highest BCUT2D eigenvalue weighted by molar-refractivity contribution is 5.92. The van der Waals surface area contributed by atoms with E-state index in [1.165, 1.54) is 5.56 Å². The number of carbonyl (C=O) groups excluding carboxylic acids is 1. The van der Waals surface area contributed by atoms with Gasteiger partial charge in [0.25, 0.3) is 0 Å². The molecule has 0 saturated carbocycles. The van der Waals surface area contributed by atoms with Crippen molar-refractivity contribution >= 4 is 17.7 Å². The summed E-state index contributed by atoms with van der Waals surface area (Å²) < 4.78 is 0. The van der Waals surface area contributed by atoms with Crippen LogP contribution in [0.2, 0.25) is 0 Å².